The molecule has 4 rings (SSSR count). The Kier molecular flexibility index (Phi) is 6.14. The number of furan rings is 1. The summed E-state index contributed by atoms with van der Waals surface area (Å²) in [5.74, 6) is 0.774. The van der Waals surface area contributed by atoms with Crippen molar-refractivity contribution in [2.75, 3.05) is 24.7 Å². The predicted molar refractivity (Wildman–Crippen MR) is 112 cm³/mol. The van der Waals surface area contributed by atoms with E-state index in [9.17, 15) is 9.59 Å². The minimum Gasteiger partial charge on any atom is -0.486 e. The number of carbonyl (C=O) groups excluding carboxylic acids is 2. The number of carbonyl (C=O) groups is 2. The summed E-state index contributed by atoms with van der Waals surface area (Å²) in [6.07, 6.45) is 4.21. The third-order valence-corrected chi connectivity index (χ3v) is 5.16. The van der Waals surface area contributed by atoms with Gasteiger partial charge in [0.1, 0.15) is 19.0 Å². The molecule has 154 valence electrons. The van der Waals surface area contributed by atoms with Gasteiger partial charge in [0.05, 0.1) is 12.8 Å². The highest BCUT2D eigenvalue weighted by Gasteiger charge is 2.21. The van der Waals surface area contributed by atoms with E-state index in [4.69, 9.17) is 18.6 Å². The van der Waals surface area contributed by atoms with Crippen molar-refractivity contribution in [3.8, 4) is 11.5 Å². The van der Waals surface area contributed by atoms with E-state index < -0.39 is 5.97 Å². The van der Waals surface area contributed by atoms with Crippen molar-refractivity contribution in [3.63, 3.8) is 0 Å². The zero-order chi connectivity index (χ0) is 20.8. The van der Waals surface area contributed by atoms with Crippen LogP contribution in [0.3, 0.4) is 0 Å². The standard InChI is InChI=1S/C22H19NO6S/c24-21(15-29-22(25)8-6-17-3-1-9-26-17)23(14-18-4-2-12-30-18)16-5-7-19-20(13-16)28-11-10-27-19/h1-9,12-13H,10-11,14-15H2/b8-6+. The second kappa shape index (κ2) is 9.32. The predicted octanol–water partition coefficient (Wildman–Crippen LogP) is 3.90. The van der Waals surface area contributed by atoms with E-state index in [0.717, 1.165) is 4.88 Å². The van der Waals surface area contributed by atoms with Gasteiger partial charge in [-0.25, -0.2) is 4.79 Å². The number of rotatable bonds is 7. The van der Waals surface area contributed by atoms with Crippen molar-refractivity contribution in [2.45, 2.75) is 6.54 Å². The van der Waals surface area contributed by atoms with Crippen LogP contribution in [0.2, 0.25) is 0 Å². The summed E-state index contributed by atoms with van der Waals surface area (Å²) in [4.78, 5) is 27.4. The molecule has 0 radical (unpaired) electrons. The number of esters is 1. The van der Waals surface area contributed by atoms with E-state index in [1.165, 1.54) is 18.4 Å². The first kappa shape index (κ1) is 19.8. The summed E-state index contributed by atoms with van der Waals surface area (Å²) in [5, 5.41) is 1.95. The maximum atomic E-state index is 12.9. The molecular formula is C22H19NO6S. The summed E-state index contributed by atoms with van der Waals surface area (Å²) in [6, 6.07) is 12.6. The molecule has 3 aromatic rings. The molecule has 2 aromatic heterocycles. The molecule has 1 aromatic carbocycles. The van der Waals surface area contributed by atoms with Crippen LogP contribution < -0.4 is 14.4 Å². The summed E-state index contributed by atoms with van der Waals surface area (Å²) >= 11 is 1.54. The molecule has 1 aliphatic rings. The van der Waals surface area contributed by atoms with E-state index in [-0.39, 0.29) is 12.5 Å². The van der Waals surface area contributed by atoms with Crippen LogP contribution in [-0.4, -0.2) is 31.7 Å². The van der Waals surface area contributed by atoms with Crippen molar-refractivity contribution in [2.24, 2.45) is 0 Å². The molecular weight excluding hydrogens is 406 g/mol. The van der Waals surface area contributed by atoms with Crippen LogP contribution in [0.1, 0.15) is 10.6 Å². The summed E-state index contributed by atoms with van der Waals surface area (Å²) < 4.78 is 21.4. The van der Waals surface area contributed by atoms with Crippen LogP contribution in [0.4, 0.5) is 5.69 Å². The normalized spacial score (nSPS) is 12.7. The molecule has 0 unspecified atom stereocenters. The van der Waals surface area contributed by atoms with E-state index in [2.05, 4.69) is 0 Å². The molecule has 0 aliphatic carbocycles. The monoisotopic (exact) mass is 425 g/mol. The molecule has 1 aliphatic heterocycles. The van der Waals surface area contributed by atoms with Crippen LogP contribution >= 0.6 is 11.3 Å². The Morgan fingerprint density at radius 3 is 2.73 bits per heavy atom. The van der Waals surface area contributed by atoms with E-state index in [1.54, 1.807) is 46.6 Å². The van der Waals surface area contributed by atoms with Crippen LogP contribution in [-0.2, 0) is 20.9 Å². The van der Waals surface area contributed by atoms with Crippen molar-refractivity contribution < 1.29 is 28.2 Å². The van der Waals surface area contributed by atoms with Crippen molar-refractivity contribution in [1.82, 2.24) is 0 Å². The lowest BCUT2D eigenvalue weighted by Crippen LogP contribution is -2.34. The first-order chi connectivity index (χ1) is 14.7. The Labute approximate surface area is 177 Å². The lowest BCUT2D eigenvalue weighted by Gasteiger charge is -2.25. The van der Waals surface area contributed by atoms with Gasteiger partial charge in [0, 0.05) is 22.7 Å². The van der Waals surface area contributed by atoms with Gasteiger partial charge in [0.15, 0.2) is 18.1 Å². The minimum absolute atomic E-state index is 0.347. The van der Waals surface area contributed by atoms with E-state index in [0.29, 0.717) is 42.7 Å². The number of ether oxygens (including phenoxy) is 3. The van der Waals surface area contributed by atoms with Crippen molar-refractivity contribution in [3.05, 3.63) is 70.8 Å². The molecule has 7 nitrogen and oxygen atoms in total. The van der Waals surface area contributed by atoms with Crippen molar-refractivity contribution in [1.29, 1.82) is 0 Å². The summed E-state index contributed by atoms with van der Waals surface area (Å²) in [5.41, 5.74) is 0.639. The van der Waals surface area contributed by atoms with Crippen LogP contribution in [0, 0.1) is 0 Å². The summed E-state index contributed by atoms with van der Waals surface area (Å²) in [6.45, 7) is 0.914. The molecule has 0 fully saturated rings. The summed E-state index contributed by atoms with van der Waals surface area (Å²) in [7, 11) is 0. The zero-order valence-corrected chi connectivity index (χ0v) is 16.8. The lowest BCUT2D eigenvalue weighted by molar-refractivity contribution is -0.142. The number of benzene rings is 1. The van der Waals surface area contributed by atoms with Gasteiger partial charge in [-0.05, 0) is 41.8 Å². The van der Waals surface area contributed by atoms with Gasteiger partial charge >= 0.3 is 5.97 Å². The molecule has 8 heteroatoms. The second-order valence-electron chi connectivity index (χ2n) is 6.34. The van der Waals surface area contributed by atoms with Gasteiger partial charge in [-0.2, -0.15) is 0 Å². The number of hydrogen-bond acceptors (Lipinski definition) is 7. The number of fused-ring (bicyclic) bond motifs is 1. The number of nitrogens with zero attached hydrogens (tertiary/aromatic N) is 1. The van der Waals surface area contributed by atoms with Crippen LogP contribution in [0.15, 0.2) is 64.6 Å². The Bertz CT molecular complexity index is 1030. The van der Waals surface area contributed by atoms with Crippen LogP contribution in [0.5, 0.6) is 11.5 Å². The van der Waals surface area contributed by atoms with Gasteiger partial charge in [0.2, 0.25) is 0 Å². The fraction of sp³-hybridized carbons (Fsp3) is 0.182. The molecule has 0 bridgehead atoms. The fourth-order valence-electron chi connectivity index (χ4n) is 2.88. The lowest BCUT2D eigenvalue weighted by atomic mass is 10.2. The molecule has 0 atom stereocenters. The average Bonchev–Trinajstić information content (AvgIpc) is 3.48. The van der Waals surface area contributed by atoms with Crippen LogP contribution in [0.25, 0.3) is 6.08 Å². The molecule has 3 heterocycles. The van der Waals surface area contributed by atoms with E-state index in [1.807, 2.05) is 17.5 Å². The Morgan fingerprint density at radius 2 is 1.97 bits per heavy atom. The minimum atomic E-state index is -0.627. The van der Waals surface area contributed by atoms with Gasteiger partial charge in [-0.1, -0.05) is 6.07 Å². The molecule has 30 heavy (non-hydrogen) atoms. The smallest absolute Gasteiger partial charge is 0.331 e. The maximum Gasteiger partial charge on any atom is 0.331 e. The third kappa shape index (κ3) is 4.90. The van der Waals surface area contributed by atoms with Gasteiger partial charge in [-0.15, -0.1) is 11.3 Å². The topological polar surface area (TPSA) is 78.2 Å². The Morgan fingerprint density at radius 1 is 1.10 bits per heavy atom. The Hall–Kier alpha value is -3.52. The first-order valence-electron chi connectivity index (χ1n) is 9.30. The highest BCUT2D eigenvalue weighted by molar-refractivity contribution is 7.09. The fourth-order valence-corrected chi connectivity index (χ4v) is 3.57. The average molecular weight is 425 g/mol. The van der Waals surface area contributed by atoms with Gasteiger partial charge in [-0.3, -0.25) is 4.79 Å². The number of hydrogen-bond donors (Lipinski definition) is 0. The SMILES string of the molecule is O=C(/C=C/c1ccco1)OCC(=O)N(Cc1cccs1)c1ccc2c(c1)OCCO2. The van der Waals surface area contributed by atoms with Crippen molar-refractivity contribution >= 4 is 35.0 Å². The molecule has 1 amide bonds. The number of anilines is 1. The molecule has 0 N–H and O–H groups in total. The molecule has 0 spiro atoms. The maximum absolute atomic E-state index is 12.9. The highest BCUT2D eigenvalue weighted by atomic mass is 32.1. The first-order valence-corrected chi connectivity index (χ1v) is 10.2. The number of amides is 1. The van der Waals surface area contributed by atoms with E-state index >= 15 is 0 Å². The number of thiophene rings is 1. The second-order valence-corrected chi connectivity index (χ2v) is 7.38. The quantitative estimate of drug-likeness (QED) is 0.422. The molecule has 0 saturated carbocycles. The van der Waals surface area contributed by atoms with Gasteiger partial charge in [0.25, 0.3) is 5.91 Å². The largest absolute Gasteiger partial charge is 0.486 e. The Balaban J connectivity index is 1.46. The zero-order valence-electron chi connectivity index (χ0n) is 16.0. The third-order valence-electron chi connectivity index (χ3n) is 4.30. The highest BCUT2D eigenvalue weighted by Crippen LogP contribution is 2.34. The molecule has 0 saturated heterocycles. The van der Waals surface area contributed by atoms with Gasteiger partial charge < -0.3 is 23.5 Å².